The van der Waals surface area contributed by atoms with Gasteiger partial charge in [0.1, 0.15) is 24.5 Å². The first kappa shape index (κ1) is 24.2. The third-order valence-electron chi connectivity index (χ3n) is 6.62. The lowest BCUT2D eigenvalue weighted by Gasteiger charge is -2.29. The summed E-state index contributed by atoms with van der Waals surface area (Å²) in [5.74, 6) is 1.35. The Morgan fingerprint density at radius 1 is 0.842 bits per heavy atom. The molecule has 1 aliphatic heterocycles. The second-order valence-corrected chi connectivity index (χ2v) is 9.56. The fourth-order valence-electron chi connectivity index (χ4n) is 4.61. The van der Waals surface area contributed by atoms with E-state index in [4.69, 9.17) is 21.1 Å². The number of benzene rings is 4. The standard InChI is InChI=1S/C31H27ClN4O2/c32-28-19-25(10-12-30(28)38-20-22-5-2-1-3-6-22)35-31-27-18-24(9-11-29(27)33-21-34-31)23-7-4-8-26(17-23)36-13-15-37-16-14-36/h1-12,17-19,21H,13-16,20H2,(H,33,34,35). The molecule has 6 rings (SSSR count). The lowest BCUT2D eigenvalue weighted by atomic mass is 10.0. The summed E-state index contributed by atoms with van der Waals surface area (Å²) in [7, 11) is 0. The minimum Gasteiger partial charge on any atom is -0.487 e. The normalized spacial score (nSPS) is 13.4. The third kappa shape index (κ3) is 5.42. The molecule has 1 aliphatic rings. The monoisotopic (exact) mass is 522 g/mol. The zero-order chi connectivity index (χ0) is 25.7. The number of hydrogen-bond donors (Lipinski definition) is 1. The van der Waals surface area contributed by atoms with Gasteiger partial charge in [-0.2, -0.15) is 0 Å². The summed E-state index contributed by atoms with van der Waals surface area (Å²) in [5, 5.41) is 4.88. The molecule has 6 nitrogen and oxygen atoms in total. The van der Waals surface area contributed by atoms with Crippen LogP contribution in [-0.2, 0) is 11.3 Å². The van der Waals surface area contributed by atoms with Crippen molar-refractivity contribution in [1.82, 2.24) is 9.97 Å². The van der Waals surface area contributed by atoms with Crippen LogP contribution in [0.5, 0.6) is 5.75 Å². The van der Waals surface area contributed by atoms with Crippen LogP contribution in [0, 0.1) is 0 Å². The van der Waals surface area contributed by atoms with Crippen LogP contribution in [0.15, 0.2) is 97.3 Å². The van der Waals surface area contributed by atoms with E-state index in [1.54, 1.807) is 6.33 Å². The van der Waals surface area contributed by atoms with Gasteiger partial charge in [-0.25, -0.2) is 9.97 Å². The van der Waals surface area contributed by atoms with Crippen molar-refractivity contribution in [2.75, 3.05) is 36.5 Å². The van der Waals surface area contributed by atoms with Crippen molar-refractivity contribution in [3.05, 3.63) is 108 Å². The van der Waals surface area contributed by atoms with Crippen LogP contribution in [0.2, 0.25) is 5.02 Å². The van der Waals surface area contributed by atoms with E-state index in [-0.39, 0.29) is 0 Å². The van der Waals surface area contributed by atoms with Gasteiger partial charge in [-0.05, 0) is 59.2 Å². The highest BCUT2D eigenvalue weighted by molar-refractivity contribution is 6.32. The zero-order valence-electron chi connectivity index (χ0n) is 20.8. The summed E-state index contributed by atoms with van der Waals surface area (Å²) in [6.45, 7) is 3.79. The topological polar surface area (TPSA) is 59.5 Å². The highest BCUT2D eigenvalue weighted by Gasteiger charge is 2.13. The third-order valence-corrected chi connectivity index (χ3v) is 6.92. The van der Waals surface area contributed by atoms with Gasteiger partial charge in [0.15, 0.2) is 0 Å². The van der Waals surface area contributed by atoms with Crippen LogP contribution in [0.3, 0.4) is 0 Å². The fourth-order valence-corrected chi connectivity index (χ4v) is 4.84. The number of aromatic nitrogens is 2. The molecule has 0 spiro atoms. The van der Waals surface area contributed by atoms with Crippen molar-refractivity contribution in [2.24, 2.45) is 0 Å². The maximum atomic E-state index is 6.55. The molecule has 0 atom stereocenters. The van der Waals surface area contributed by atoms with Crippen LogP contribution in [0.4, 0.5) is 17.2 Å². The Hall–Kier alpha value is -4.13. The predicted molar refractivity (Wildman–Crippen MR) is 154 cm³/mol. The molecule has 38 heavy (non-hydrogen) atoms. The first-order valence-electron chi connectivity index (χ1n) is 12.6. The smallest absolute Gasteiger partial charge is 0.141 e. The quantitative estimate of drug-likeness (QED) is 0.246. The number of anilines is 3. The number of hydrogen-bond acceptors (Lipinski definition) is 6. The number of fused-ring (bicyclic) bond motifs is 1. The molecule has 0 amide bonds. The second kappa shape index (κ2) is 11.1. The summed E-state index contributed by atoms with van der Waals surface area (Å²) in [4.78, 5) is 11.4. The molecule has 2 heterocycles. The van der Waals surface area contributed by atoms with E-state index in [9.17, 15) is 0 Å². The van der Waals surface area contributed by atoms with E-state index in [0.717, 1.165) is 65.4 Å². The van der Waals surface area contributed by atoms with E-state index in [1.165, 1.54) is 5.69 Å². The van der Waals surface area contributed by atoms with Crippen LogP contribution in [0.25, 0.3) is 22.0 Å². The number of nitrogens with one attached hydrogen (secondary N) is 1. The van der Waals surface area contributed by atoms with Crippen molar-refractivity contribution in [3.8, 4) is 16.9 Å². The van der Waals surface area contributed by atoms with Crippen molar-refractivity contribution < 1.29 is 9.47 Å². The molecule has 0 aliphatic carbocycles. The zero-order valence-corrected chi connectivity index (χ0v) is 21.6. The van der Waals surface area contributed by atoms with Gasteiger partial charge in [0.2, 0.25) is 0 Å². The van der Waals surface area contributed by atoms with Gasteiger partial charge in [-0.1, -0.05) is 60.1 Å². The predicted octanol–water partition coefficient (Wildman–Crippen LogP) is 7.11. The molecule has 4 aromatic carbocycles. The van der Waals surface area contributed by atoms with Gasteiger partial charge in [0.25, 0.3) is 0 Å². The second-order valence-electron chi connectivity index (χ2n) is 9.15. The Morgan fingerprint density at radius 2 is 1.68 bits per heavy atom. The highest BCUT2D eigenvalue weighted by atomic mass is 35.5. The largest absolute Gasteiger partial charge is 0.487 e. The summed E-state index contributed by atoms with van der Waals surface area (Å²) in [6.07, 6.45) is 1.57. The molecule has 190 valence electrons. The van der Waals surface area contributed by atoms with Gasteiger partial charge >= 0.3 is 0 Å². The van der Waals surface area contributed by atoms with Crippen molar-refractivity contribution >= 4 is 39.7 Å². The van der Waals surface area contributed by atoms with E-state index in [1.807, 2.05) is 54.6 Å². The number of halogens is 1. The summed E-state index contributed by atoms with van der Waals surface area (Å²) in [6, 6.07) is 30.6. The molecule has 0 saturated carbocycles. The lowest BCUT2D eigenvalue weighted by Crippen LogP contribution is -2.36. The van der Waals surface area contributed by atoms with Crippen LogP contribution >= 0.6 is 11.6 Å². The van der Waals surface area contributed by atoms with Gasteiger partial charge in [-0.15, -0.1) is 0 Å². The Balaban J connectivity index is 1.24. The van der Waals surface area contributed by atoms with Crippen molar-refractivity contribution in [2.45, 2.75) is 6.61 Å². The molecule has 5 aromatic rings. The number of ether oxygens (including phenoxy) is 2. The molecule has 1 saturated heterocycles. The van der Waals surface area contributed by atoms with Gasteiger partial charge < -0.3 is 19.7 Å². The number of nitrogens with zero attached hydrogens (tertiary/aromatic N) is 3. The molecular weight excluding hydrogens is 496 g/mol. The number of morpholine rings is 1. The SMILES string of the molecule is Clc1cc(Nc2ncnc3ccc(-c4cccc(N5CCOCC5)c4)cc23)ccc1OCc1ccccc1. The van der Waals surface area contributed by atoms with Crippen LogP contribution < -0.4 is 15.0 Å². The van der Waals surface area contributed by atoms with Gasteiger partial charge in [0.05, 0.1) is 23.8 Å². The van der Waals surface area contributed by atoms with E-state index in [0.29, 0.717) is 17.4 Å². The summed E-state index contributed by atoms with van der Waals surface area (Å²) in [5.41, 5.74) is 6.23. The minimum absolute atomic E-state index is 0.458. The lowest BCUT2D eigenvalue weighted by molar-refractivity contribution is 0.122. The maximum Gasteiger partial charge on any atom is 0.141 e. The molecule has 0 unspecified atom stereocenters. The molecule has 0 bridgehead atoms. The highest BCUT2D eigenvalue weighted by Crippen LogP contribution is 2.33. The van der Waals surface area contributed by atoms with E-state index >= 15 is 0 Å². The molecule has 1 aromatic heterocycles. The average Bonchev–Trinajstić information content (AvgIpc) is 2.98. The van der Waals surface area contributed by atoms with Crippen LogP contribution in [0.1, 0.15) is 5.56 Å². The molecule has 1 fully saturated rings. The Labute approximate surface area is 226 Å². The first-order chi connectivity index (χ1) is 18.7. The molecule has 0 radical (unpaired) electrons. The Morgan fingerprint density at radius 3 is 2.53 bits per heavy atom. The Bertz CT molecular complexity index is 1550. The minimum atomic E-state index is 0.458. The van der Waals surface area contributed by atoms with Gasteiger partial charge in [-0.3, -0.25) is 0 Å². The molecular formula is C31H27ClN4O2. The van der Waals surface area contributed by atoms with E-state index in [2.05, 4.69) is 56.6 Å². The maximum absolute atomic E-state index is 6.55. The first-order valence-corrected chi connectivity index (χ1v) is 13.0. The Kier molecular flexibility index (Phi) is 7.07. The summed E-state index contributed by atoms with van der Waals surface area (Å²) >= 11 is 6.55. The van der Waals surface area contributed by atoms with Crippen molar-refractivity contribution in [3.63, 3.8) is 0 Å². The number of rotatable bonds is 7. The molecule has 7 heteroatoms. The van der Waals surface area contributed by atoms with E-state index < -0.39 is 0 Å². The average molecular weight is 523 g/mol. The van der Waals surface area contributed by atoms with Gasteiger partial charge in [0, 0.05) is 29.9 Å². The fraction of sp³-hybridized carbons (Fsp3) is 0.161. The van der Waals surface area contributed by atoms with Crippen LogP contribution in [-0.4, -0.2) is 36.3 Å². The van der Waals surface area contributed by atoms with Crippen molar-refractivity contribution in [1.29, 1.82) is 0 Å². The molecule has 1 N–H and O–H groups in total. The summed E-state index contributed by atoms with van der Waals surface area (Å²) < 4.78 is 11.4.